The van der Waals surface area contributed by atoms with E-state index in [-0.39, 0.29) is 12.1 Å². The molecule has 0 heterocycles. The number of hydrogen-bond acceptors (Lipinski definition) is 4. The number of benzene rings is 1. The number of amidine groups is 1. The van der Waals surface area contributed by atoms with Crippen molar-refractivity contribution in [3.8, 4) is 6.19 Å². The molecule has 0 aliphatic heterocycles. The summed E-state index contributed by atoms with van der Waals surface area (Å²) in [6.07, 6.45) is 8.01. The Labute approximate surface area is 172 Å². The van der Waals surface area contributed by atoms with Crippen molar-refractivity contribution in [1.29, 1.82) is 5.26 Å². The monoisotopic (exact) mass is 400 g/mol. The second-order valence-corrected chi connectivity index (χ2v) is 9.42. The lowest BCUT2D eigenvalue weighted by atomic mass is 9.52. The minimum Gasteiger partial charge on any atom is -0.390 e. The van der Waals surface area contributed by atoms with Gasteiger partial charge in [-0.3, -0.25) is 10.3 Å². The minimum atomic E-state index is -0.451. The van der Waals surface area contributed by atoms with Gasteiger partial charge in [-0.1, -0.05) is 23.7 Å². The average Bonchev–Trinajstić information content (AvgIpc) is 2.64. The van der Waals surface area contributed by atoms with Gasteiger partial charge in [0.2, 0.25) is 0 Å². The molecular formula is C22H29ClN4O. The molecule has 0 amide bonds. The van der Waals surface area contributed by atoms with E-state index in [9.17, 15) is 10.4 Å². The molecule has 3 unspecified atom stereocenters. The molecule has 0 aromatic heterocycles. The van der Waals surface area contributed by atoms with Crippen molar-refractivity contribution in [2.45, 2.75) is 63.1 Å². The average molecular weight is 401 g/mol. The maximum Gasteiger partial charge on any atom is 0.182 e. The van der Waals surface area contributed by atoms with Crippen molar-refractivity contribution in [2.24, 2.45) is 22.7 Å². The quantitative estimate of drug-likeness (QED) is 0.296. The summed E-state index contributed by atoms with van der Waals surface area (Å²) in [7, 11) is 0. The predicted molar refractivity (Wildman–Crippen MR) is 111 cm³/mol. The van der Waals surface area contributed by atoms with E-state index < -0.39 is 5.60 Å². The van der Waals surface area contributed by atoms with Gasteiger partial charge in [0.15, 0.2) is 6.19 Å². The van der Waals surface area contributed by atoms with Gasteiger partial charge in [0, 0.05) is 5.02 Å². The van der Waals surface area contributed by atoms with Crippen LogP contribution in [-0.4, -0.2) is 35.2 Å². The highest BCUT2D eigenvalue weighted by molar-refractivity contribution is 6.30. The molecule has 5 nitrogen and oxygen atoms in total. The maximum absolute atomic E-state index is 10.8. The molecule has 3 atom stereocenters. The second-order valence-electron chi connectivity index (χ2n) is 8.99. The summed E-state index contributed by atoms with van der Waals surface area (Å²) >= 11 is 5.94. The molecule has 1 aromatic carbocycles. The number of halogens is 1. The van der Waals surface area contributed by atoms with E-state index in [2.05, 4.69) is 23.8 Å². The Morgan fingerprint density at radius 1 is 1.29 bits per heavy atom. The zero-order valence-electron chi connectivity index (χ0n) is 16.4. The largest absolute Gasteiger partial charge is 0.390 e. The van der Waals surface area contributed by atoms with Gasteiger partial charge >= 0.3 is 0 Å². The molecule has 150 valence electrons. The van der Waals surface area contributed by atoms with E-state index in [0.717, 1.165) is 43.1 Å². The van der Waals surface area contributed by atoms with E-state index in [0.29, 0.717) is 17.8 Å². The van der Waals surface area contributed by atoms with Gasteiger partial charge in [-0.25, -0.2) is 0 Å². The number of rotatable bonds is 6. The molecule has 4 bridgehead atoms. The van der Waals surface area contributed by atoms with Gasteiger partial charge in [-0.2, -0.15) is 5.26 Å². The zero-order valence-corrected chi connectivity index (χ0v) is 17.1. The summed E-state index contributed by atoms with van der Waals surface area (Å²) in [5.41, 5.74) is 0.776. The Hall–Kier alpha value is -1.61. The van der Waals surface area contributed by atoms with Gasteiger partial charge < -0.3 is 10.4 Å². The number of nitriles is 1. The van der Waals surface area contributed by atoms with Crippen LogP contribution in [0.15, 0.2) is 29.3 Å². The molecule has 3 N–H and O–H groups in total. The Bertz CT molecular complexity index is 756. The Kier molecular flexibility index (Phi) is 5.64. The Morgan fingerprint density at radius 2 is 1.96 bits per heavy atom. The Morgan fingerprint density at radius 3 is 2.57 bits per heavy atom. The highest BCUT2D eigenvalue weighted by Crippen LogP contribution is 2.56. The van der Waals surface area contributed by atoms with Crippen LogP contribution >= 0.6 is 11.6 Å². The fourth-order valence-electron chi connectivity index (χ4n) is 5.82. The highest BCUT2D eigenvalue weighted by atomic mass is 35.5. The summed E-state index contributed by atoms with van der Waals surface area (Å²) in [5, 5.41) is 27.0. The number of hydrogen-bond donors (Lipinski definition) is 3. The molecule has 1 aromatic rings. The predicted octanol–water partition coefficient (Wildman–Crippen LogP) is 3.27. The van der Waals surface area contributed by atoms with Crippen molar-refractivity contribution in [2.75, 3.05) is 6.54 Å². The first-order valence-electron chi connectivity index (χ1n) is 10.4. The van der Waals surface area contributed by atoms with Crippen LogP contribution < -0.4 is 10.6 Å². The molecule has 4 fully saturated rings. The van der Waals surface area contributed by atoms with Gasteiger partial charge in [0.1, 0.15) is 5.84 Å². The van der Waals surface area contributed by atoms with Crippen molar-refractivity contribution in [3.05, 3.63) is 34.9 Å². The minimum absolute atomic E-state index is 0.0211. The van der Waals surface area contributed by atoms with Crippen LogP contribution in [0.2, 0.25) is 5.02 Å². The summed E-state index contributed by atoms with van der Waals surface area (Å²) in [5.74, 6) is 2.29. The van der Waals surface area contributed by atoms with E-state index in [1.807, 2.05) is 24.3 Å². The molecule has 0 radical (unpaired) electrons. The molecule has 6 heteroatoms. The number of aliphatic imine (C=N–C) groups is 1. The molecule has 4 aliphatic rings. The summed E-state index contributed by atoms with van der Waals surface area (Å²) in [4.78, 5) is 5.03. The van der Waals surface area contributed by atoms with Crippen LogP contribution in [-0.2, 0) is 6.42 Å². The molecule has 5 rings (SSSR count). The highest BCUT2D eigenvalue weighted by Gasteiger charge is 2.54. The molecule has 0 saturated heterocycles. The first-order chi connectivity index (χ1) is 13.5. The number of nitrogens with one attached hydrogen (secondary N) is 2. The summed E-state index contributed by atoms with van der Waals surface area (Å²) in [6, 6.07) is 8.10. The van der Waals surface area contributed by atoms with E-state index >= 15 is 0 Å². The van der Waals surface area contributed by atoms with E-state index in [1.54, 1.807) is 0 Å². The number of aliphatic hydroxyl groups is 1. The SMILES string of the molecule is CC(NCCc1ccc(Cl)cc1)C(=NC1C2CC3CC1CC(O)(C3)C2)NC#N. The van der Waals surface area contributed by atoms with E-state index in [1.165, 1.54) is 18.4 Å². The first kappa shape index (κ1) is 19.7. The van der Waals surface area contributed by atoms with Crippen molar-refractivity contribution < 1.29 is 5.11 Å². The fourth-order valence-corrected chi connectivity index (χ4v) is 5.94. The van der Waals surface area contributed by atoms with Crippen LogP contribution in [0.4, 0.5) is 0 Å². The number of nitrogens with zero attached hydrogens (tertiary/aromatic N) is 2. The van der Waals surface area contributed by atoms with Crippen LogP contribution in [0.3, 0.4) is 0 Å². The van der Waals surface area contributed by atoms with Gasteiger partial charge in [-0.05, 0) is 87.4 Å². The fraction of sp³-hybridized carbons (Fsp3) is 0.636. The van der Waals surface area contributed by atoms with Crippen LogP contribution in [0.25, 0.3) is 0 Å². The van der Waals surface area contributed by atoms with Crippen LogP contribution in [0.5, 0.6) is 0 Å². The lowest BCUT2D eigenvalue weighted by molar-refractivity contribution is -0.132. The third-order valence-electron chi connectivity index (χ3n) is 6.85. The standard InChI is InChI=1S/C22H29ClN4O/c1-14(25-7-6-15-2-4-19(23)5-3-15)21(26-13-24)27-20-17-8-16-9-18(20)12-22(28,10-16)11-17/h2-5,14,16-18,20,25,28H,6-12H2,1H3,(H,26,27). The molecular weight excluding hydrogens is 372 g/mol. The molecule has 4 aliphatic carbocycles. The van der Waals surface area contributed by atoms with Crippen molar-refractivity contribution in [3.63, 3.8) is 0 Å². The smallest absolute Gasteiger partial charge is 0.182 e. The topological polar surface area (TPSA) is 80.4 Å². The third-order valence-corrected chi connectivity index (χ3v) is 7.10. The first-order valence-corrected chi connectivity index (χ1v) is 10.8. The van der Waals surface area contributed by atoms with Crippen LogP contribution in [0, 0.1) is 29.2 Å². The molecule has 0 spiro atoms. The van der Waals surface area contributed by atoms with E-state index in [4.69, 9.17) is 16.6 Å². The lowest BCUT2D eigenvalue weighted by Gasteiger charge is -2.57. The van der Waals surface area contributed by atoms with Gasteiger partial charge in [0.25, 0.3) is 0 Å². The van der Waals surface area contributed by atoms with Crippen molar-refractivity contribution in [1.82, 2.24) is 10.6 Å². The van der Waals surface area contributed by atoms with Crippen molar-refractivity contribution >= 4 is 17.4 Å². The molecule has 4 saturated carbocycles. The zero-order chi connectivity index (χ0) is 19.7. The normalized spacial score (nSPS) is 34.9. The van der Waals surface area contributed by atoms with Gasteiger partial charge in [-0.15, -0.1) is 0 Å². The maximum atomic E-state index is 10.8. The molecule has 28 heavy (non-hydrogen) atoms. The van der Waals surface area contributed by atoms with Gasteiger partial charge in [0.05, 0.1) is 17.7 Å². The second kappa shape index (κ2) is 8.02. The van der Waals surface area contributed by atoms with Crippen LogP contribution in [0.1, 0.15) is 44.6 Å². The lowest BCUT2D eigenvalue weighted by Crippen LogP contribution is -2.57. The third kappa shape index (κ3) is 4.20. The summed E-state index contributed by atoms with van der Waals surface area (Å²) < 4.78 is 0. The summed E-state index contributed by atoms with van der Waals surface area (Å²) in [6.45, 7) is 2.85. The Balaban J connectivity index is 1.39.